The summed E-state index contributed by atoms with van der Waals surface area (Å²) in [6.45, 7) is 5.61. The molecule has 1 aromatic carbocycles. The van der Waals surface area contributed by atoms with Crippen LogP contribution in [0.5, 0.6) is 5.75 Å². The fourth-order valence-corrected chi connectivity index (χ4v) is 2.51. The molecule has 2 N–H and O–H groups in total. The van der Waals surface area contributed by atoms with Gasteiger partial charge in [-0.2, -0.15) is 5.10 Å². The molecular weight excluding hydrogens is 323 g/mol. The van der Waals surface area contributed by atoms with Gasteiger partial charge in [-0.05, 0) is 32.4 Å². The minimum absolute atomic E-state index is 0.0384. The van der Waals surface area contributed by atoms with Gasteiger partial charge in [0.05, 0.1) is 10.7 Å². The summed E-state index contributed by atoms with van der Waals surface area (Å²) in [6.07, 6.45) is 0.584. The highest BCUT2D eigenvalue weighted by molar-refractivity contribution is 6.36. The van der Waals surface area contributed by atoms with E-state index in [1.54, 1.807) is 12.1 Å². The SMILES string of the molecule is CC/C(=N\Nc1cc(C)nc(C)n1)c1cc(Cl)cc(Cl)c1O. The Bertz CT molecular complexity index is 711. The molecule has 7 heteroatoms. The summed E-state index contributed by atoms with van der Waals surface area (Å²) in [7, 11) is 0. The minimum atomic E-state index is -0.0384. The number of nitrogens with one attached hydrogen (secondary N) is 1. The molecule has 0 aliphatic rings. The number of aromatic hydroxyl groups is 1. The largest absolute Gasteiger partial charge is 0.506 e. The van der Waals surface area contributed by atoms with Crippen LogP contribution in [0.1, 0.15) is 30.4 Å². The van der Waals surface area contributed by atoms with Crippen LogP contribution in [0.4, 0.5) is 5.82 Å². The Morgan fingerprint density at radius 2 is 1.95 bits per heavy atom. The predicted molar refractivity (Wildman–Crippen MR) is 90.1 cm³/mol. The molecular formula is C15H16Cl2N4O. The zero-order valence-corrected chi connectivity index (χ0v) is 14.0. The van der Waals surface area contributed by atoms with Gasteiger partial charge in [-0.25, -0.2) is 9.97 Å². The molecule has 1 aromatic heterocycles. The number of phenolic OH excluding ortho intramolecular Hbond substituents is 1. The number of hydrazone groups is 1. The van der Waals surface area contributed by atoms with Gasteiger partial charge in [0.15, 0.2) is 0 Å². The van der Waals surface area contributed by atoms with E-state index in [-0.39, 0.29) is 10.8 Å². The van der Waals surface area contributed by atoms with Crippen molar-refractivity contribution in [3.8, 4) is 5.75 Å². The van der Waals surface area contributed by atoms with Crippen molar-refractivity contribution >= 4 is 34.7 Å². The molecule has 116 valence electrons. The number of benzene rings is 1. The third-order valence-electron chi connectivity index (χ3n) is 2.95. The van der Waals surface area contributed by atoms with Crippen molar-refractivity contribution in [1.29, 1.82) is 0 Å². The lowest BCUT2D eigenvalue weighted by molar-refractivity contribution is 0.474. The first kappa shape index (κ1) is 16.5. The van der Waals surface area contributed by atoms with E-state index in [9.17, 15) is 5.11 Å². The van der Waals surface area contributed by atoms with Gasteiger partial charge in [0.1, 0.15) is 17.4 Å². The summed E-state index contributed by atoms with van der Waals surface area (Å²) in [5.41, 5.74) is 4.84. The topological polar surface area (TPSA) is 70.4 Å². The molecule has 0 saturated heterocycles. The van der Waals surface area contributed by atoms with Crippen LogP contribution in [0.2, 0.25) is 10.0 Å². The van der Waals surface area contributed by atoms with Crippen molar-refractivity contribution in [1.82, 2.24) is 9.97 Å². The third-order valence-corrected chi connectivity index (χ3v) is 3.45. The molecule has 0 spiro atoms. The van der Waals surface area contributed by atoms with Crippen LogP contribution in [0.25, 0.3) is 0 Å². The Hall–Kier alpha value is -1.85. The lowest BCUT2D eigenvalue weighted by Crippen LogP contribution is -2.05. The molecule has 0 unspecified atom stereocenters. The maximum atomic E-state index is 10.1. The molecule has 2 aromatic rings. The molecule has 0 amide bonds. The number of phenols is 1. The molecule has 0 aliphatic carbocycles. The number of rotatable bonds is 4. The smallest absolute Gasteiger partial charge is 0.150 e. The highest BCUT2D eigenvalue weighted by Crippen LogP contribution is 2.32. The van der Waals surface area contributed by atoms with Crippen molar-refractivity contribution in [2.75, 3.05) is 5.43 Å². The van der Waals surface area contributed by atoms with E-state index >= 15 is 0 Å². The van der Waals surface area contributed by atoms with Crippen LogP contribution >= 0.6 is 23.2 Å². The maximum absolute atomic E-state index is 10.1. The van der Waals surface area contributed by atoms with Gasteiger partial charge in [0, 0.05) is 22.3 Å². The summed E-state index contributed by atoms with van der Waals surface area (Å²) < 4.78 is 0. The summed E-state index contributed by atoms with van der Waals surface area (Å²) in [5, 5.41) is 15.0. The highest BCUT2D eigenvalue weighted by atomic mass is 35.5. The van der Waals surface area contributed by atoms with E-state index in [4.69, 9.17) is 23.2 Å². The summed E-state index contributed by atoms with van der Waals surface area (Å²) in [6, 6.07) is 4.90. The van der Waals surface area contributed by atoms with Gasteiger partial charge in [-0.3, -0.25) is 5.43 Å². The van der Waals surface area contributed by atoms with Crippen molar-refractivity contribution in [3.63, 3.8) is 0 Å². The lowest BCUT2D eigenvalue weighted by Gasteiger charge is -2.10. The number of aryl methyl sites for hydroxylation is 2. The van der Waals surface area contributed by atoms with E-state index < -0.39 is 0 Å². The first-order valence-electron chi connectivity index (χ1n) is 6.74. The summed E-state index contributed by atoms with van der Waals surface area (Å²) in [5.74, 6) is 1.21. The Balaban J connectivity index is 2.35. The monoisotopic (exact) mass is 338 g/mol. The predicted octanol–water partition coefficient (Wildman–Crippen LogP) is 4.33. The van der Waals surface area contributed by atoms with E-state index in [1.807, 2.05) is 20.8 Å². The molecule has 0 aliphatic heterocycles. The number of hydrogen-bond donors (Lipinski definition) is 2. The molecule has 1 heterocycles. The van der Waals surface area contributed by atoms with Crippen molar-refractivity contribution in [3.05, 3.63) is 45.3 Å². The molecule has 5 nitrogen and oxygen atoms in total. The van der Waals surface area contributed by atoms with Crippen LogP contribution in [0.15, 0.2) is 23.3 Å². The van der Waals surface area contributed by atoms with Crippen molar-refractivity contribution in [2.45, 2.75) is 27.2 Å². The average molecular weight is 339 g/mol. The van der Waals surface area contributed by atoms with Crippen LogP contribution in [0, 0.1) is 13.8 Å². The molecule has 0 bridgehead atoms. The minimum Gasteiger partial charge on any atom is -0.506 e. The van der Waals surface area contributed by atoms with E-state index in [2.05, 4.69) is 20.5 Å². The number of aromatic nitrogens is 2. The zero-order valence-electron chi connectivity index (χ0n) is 12.5. The molecule has 0 saturated carbocycles. The van der Waals surface area contributed by atoms with E-state index in [0.29, 0.717) is 34.4 Å². The van der Waals surface area contributed by atoms with E-state index in [0.717, 1.165) is 5.69 Å². The van der Waals surface area contributed by atoms with Gasteiger partial charge in [-0.15, -0.1) is 0 Å². The van der Waals surface area contributed by atoms with Gasteiger partial charge in [0.25, 0.3) is 0 Å². The second kappa shape index (κ2) is 6.94. The van der Waals surface area contributed by atoms with E-state index in [1.165, 1.54) is 6.07 Å². The Kier molecular flexibility index (Phi) is 5.21. The molecule has 0 radical (unpaired) electrons. The van der Waals surface area contributed by atoms with Crippen molar-refractivity contribution < 1.29 is 5.11 Å². The molecule has 0 atom stereocenters. The van der Waals surface area contributed by atoms with Crippen LogP contribution < -0.4 is 5.43 Å². The number of halogens is 2. The lowest BCUT2D eigenvalue weighted by atomic mass is 10.1. The van der Waals surface area contributed by atoms with Gasteiger partial charge >= 0.3 is 0 Å². The second-order valence-electron chi connectivity index (χ2n) is 4.75. The van der Waals surface area contributed by atoms with Crippen LogP contribution in [-0.4, -0.2) is 20.8 Å². The summed E-state index contributed by atoms with van der Waals surface area (Å²) >= 11 is 11.9. The first-order chi connectivity index (χ1) is 10.4. The fourth-order valence-electron chi connectivity index (χ4n) is 2.01. The third kappa shape index (κ3) is 3.87. The highest BCUT2D eigenvalue weighted by Gasteiger charge is 2.13. The van der Waals surface area contributed by atoms with Gasteiger partial charge < -0.3 is 5.11 Å². The van der Waals surface area contributed by atoms with Crippen molar-refractivity contribution in [2.24, 2.45) is 5.10 Å². The number of nitrogens with zero attached hydrogens (tertiary/aromatic N) is 3. The molecule has 2 rings (SSSR count). The second-order valence-corrected chi connectivity index (χ2v) is 5.59. The standard InChI is InChI=1S/C15H16Cl2N4O/c1-4-13(11-6-10(16)7-12(17)15(11)22)20-21-14-5-8(2)18-9(3)19-14/h5-7,22H,4H2,1-3H3,(H,18,19,21)/b20-13+. The Morgan fingerprint density at radius 1 is 1.23 bits per heavy atom. The van der Waals surface area contributed by atoms with Crippen LogP contribution in [0.3, 0.4) is 0 Å². The fraction of sp³-hybridized carbons (Fsp3) is 0.267. The van der Waals surface area contributed by atoms with Gasteiger partial charge in [-0.1, -0.05) is 30.1 Å². The quantitative estimate of drug-likeness (QED) is 0.642. The first-order valence-corrected chi connectivity index (χ1v) is 7.49. The normalized spacial score (nSPS) is 11.6. The summed E-state index contributed by atoms with van der Waals surface area (Å²) in [4.78, 5) is 8.45. The maximum Gasteiger partial charge on any atom is 0.150 e. The Morgan fingerprint density at radius 3 is 2.59 bits per heavy atom. The molecule has 22 heavy (non-hydrogen) atoms. The molecule has 0 fully saturated rings. The zero-order chi connectivity index (χ0) is 16.3. The average Bonchev–Trinajstić information content (AvgIpc) is 2.43. The Labute approximate surface area is 139 Å². The number of anilines is 1. The van der Waals surface area contributed by atoms with Crippen LogP contribution in [-0.2, 0) is 0 Å². The number of hydrogen-bond acceptors (Lipinski definition) is 5. The van der Waals surface area contributed by atoms with Gasteiger partial charge in [0.2, 0.25) is 0 Å².